The highest BCUT2D eigenvalue weighted by Crippen LogP contribution is 2.18. The van der Waals surface area contributed by atoms with Crippen LogP contribution in [0.2, 0.25) is 0 Å². The second-order valence-electron chi connectivity index (χ2n) is 6.54. The normalized spacial score (nSPS) is 17.0. The van der Waals surface area contributed by atoms with Crippen LogP contribution in [-0.2, 0) is 16.0 Å². The summed E-state index contributed by atoms with van der Waals surface area (Å²) in [6, 6.07) is 7.97. The quantitative estimate of drug-likeness (QED) is 0.773. The minimum Gasteiger partial charge on any atom is -0.381 e. The monoisotopic (exact) mass is 343 g/mol. The first kappa shape index (κ1) is 17.6. The summed E-state index contributed by atoms with van der Waals surface area (Å²) in [5.74, 6) is 1.66. The van der Waals surface area contributed by atoms with Crippen LogP contribution < -0.4 is 0 Å². The number of rotatable bonds is 7. The van der Waals surface area contributed by atoms with Crippen LogP contribution in [0.4, 0.5) is 0 Å². The Hall–Kier alpha value is -2.21. The molecule has 1 fully saturated rings. The summed E-state index contributed by atoms with van der Waals surface area (Å²) < 4.78 is 10.7. The van der Waals surface area contributed by atoms with E-state index in [4.69, 9.17) is 9.26 Å². The van der Waals surface area contributed by atoms with Gasteiger partial charge in [-0.05, 0) is 20.3 Å². The van der Waals surface area contributed by atoms with Crippen molar-refractivity contribution < 1.29 is 14.1 Å². The van der Waals surface area contributed by atoms with E-state index < -0.39 is 0 Å². The number of aromatic nitrogens is 2. The van der Waals surface area contributed by atoms with Gasteiger partial charge in [-0.1, -0.05) is 35.0 Å². The van der Waals surface area contributed by atoms with Gasteiger partial charge in [0, 0.05) is 44.0 Å². The zero-order chi connectivity index (χ0) is 17.6. The Bertz CT molecular complexity index is 690. The van der Waals surface area contributed by atoms with Gasteiger partial charge in [0.1, 0.15) is 0 Å². The lowest BCUT2D eigenvalue weighted by atomic mass is 10.1. The number of aryl methyl sites for hydroxylation is 2. The van der Waals surface area contributed by atoms with Gasteiger partial charge in [0.2, 0.25) is 17.6 Å². The topological polar surface area (TPSA) is 68.5 Å². The van der Waals surface area contributed by atoms with Gasteiger partial charge < -0.3 is 14.2 Å². The molecule has 25 heavy (non-hydrogen) atoms. The lowest BCUT2D eigenvalue weighted by molar-refractivity contribution is -0.131. The fourth-order valence-electron chi connectivity index (χ4n) is 2.99. The summed E-state index contributed by atoms with van der Waals surface area (Å²) in [5.41, 5.74) is 2.11. The molecule has 134 valence electrons. The second-order valence-corrected chi connectivity index (χ2v) is 6.54. The third-order valence-electron chi connectivity index (χ3n) is 4.57. The molecule has 0 N–H and O–H groups in total. The zero-order valence-corrected chi connectivity index (χ0v) is 14.9. The van der Waals surface area contributed by atoms with Gasteiger partial charge in [0.05, 0.1) is 6.61 Å². The van der Waals surface area contributed by atoms with Crippen molar-refractivity contribution in [2.24, 2.45) is 5.92 Å². The second kappa shape index (κ2) is 8.25. The Morgan fingerprint density at radius 2 is 2.12 bits per heavy atom. The predicted octanol–water partition coefficient (Wildman–Crippen LogP) is 2.86. The fourth-order valence-corrected chi connectivity index (χ4v) is 2.99. The van der Waals surface area contributed by atoms with Crippen LogP contribution in [0.5, 0.6) is 0 Å². The average molecular weight is 343 g/mol. The summed E-state index contributed by atoms with van der Waals surface area (Å²) in [6.45, 7) is 7.10. The van der Waals surface area contributed by atoms with Gasteiger partial charge in [0.15, 0.2) is 0 Å². The average Bonchev–Trinajstić information content (AvgIpc) is 3.30. The molecule has 1 saturated heterocycles. The van der Waals surface area contributed by atoms with Crippen LogP contribution in [0.25, 0.3) is 11.4 Å². The molecule has 1 aromatic heterocycles. The molecular weight excluding hydrogens is 318 g/mol. The lowest BCUT2D eigenvalue weighted by Crippen LogP contribution is -2.35. The number of ether oxygens (including phenoxy) is 1. The fraction of sp³-hybridized carbons (Fsp3) is 0.526. The first-order chi connectivity index (χ1) is 12.2. The number of carbonyl (C=O) groups excluding carboxylic acids is 1. The van der Waals surface area contributed by atoms with E-state index in [2.05, 4.69) is 10.1 Å². The molecule has 1 atom stereocenters. The van der Waals surface area contributed by atoms with Crippen LogP contribution in [0.3, 0.4) is 0 Å². The maximum atomic E-state index is 12.4. The minimum atomic E-state index is 0.129. The standard InChI is InChI=1S/C19H25N3O3/c1-3-22(12-15-10-11-24-13-15)18(23)9-8-17-20-19(21-25-17)16-6-4-14(2)5-7-16/h4-7,15H,3,8-13H2,1-2H3/t15-/m1/s1. The van der Waals surface area contributed by atoms with Crippen LogP contribution in [0, 0.1) is 12.8 Å². The lowest BCUT2D eigenvalue weighted by Gasteiger charge is -2.23. The Labute approximate surface area is 148 Å². The molecule has 0 bridgehead atoms. The van der Waals surface area contributed by atoms with E-state index in [1.807, 2.05) is 43.0 Å². The molecule has 0 spiro atoms. The number of amides is 1. The summed E-state index contributed by atoms with van der Waals surface area (Å²) in [4.78, 5) is 18.7. The molecule has 0 radical (unpaired) electrons. The van der Waals surface area contributed by atoms with Crippen LogP contribution >= 0.6 is 0 Å². The Morgan fingerprint density at radius 1 is 1.32 bits per heavy atom. The van der Waals surface area contributed by atoms with Crippen molar-refractivity contribution in [1.82, 2.24) is 15.0 Å². The van der Waals surface area contributed by atoms with E-state index in [1.54, 1.807) is 0 Å². The molecule has 2 aromatic rings. The van der Waals surface area contributed by atoms with E-state index in [1.165, 1.54) is 5.56 Å². The molecule has 0 unspecified atom stereocenters. The zero-order valence-electron chi connectivity index (χ0n) is 14.9. The number of carbonyl (C=O) groups is 1. The van der Waals surface area contributed by atoms with Crippen molar-refractivity contribution >= 4 is 5.91 Å². The van der Waals surface area contributed by atoms with E-state index in [-0.39, 0.29) is 5.91 Å². The van der Waals surface area contributed by atoms with Crippen molar-refractivity contribution in [3.05, 3.63) is 35.7 Å². The van der Waals surface area contributed by atoms with Gasteiger partial charge >= 0.3 is 0 Å². The van der Waals surface area contributed by atoms with Crippen molar-refractivity contribution in [2.45, 2.75) is 33.1 Å². The van der Waals surface area contributed by atoms with E-state index in [0.29, 0.717) is 37.0 Å². The van der Waals surface area contributed by atoms with E-state index in [0.717, 1.165) is 31.7 Å². The maximum absolute atomic E-state index is 12.4. The molecule has 1 aliphatic heterocycles. The Kier molecular flexibility index (Phi) is 5.81. The third kappa shape index (κ3) is 4.66. The molecule has 0 aliphatic carbocycles. The minimum absolute atomic E-state index is 0.129. The molecule has 6 nitrogen and oxygen atoms in total. The highest BCUT2D eigenvalue weighted by Gasteiger charge is 2.22. The molecule has 2 heterocycles. The molecule has 6 heteroatoms. The van der Waals surface area contributed by atoms with Crippen molar-refractivity contribution in [3.8, 4) is 11.4 Å². The Balaban J connectivity index is 1.53. The Morgan fingerprint density at radius 3 is 2.80 bits per heavy atom. The first-order valence-electron chi connectivity index (χ1n) is 8.91. The van der Waals surface area contributed by atoms with Gasteiger partial charge in [-0.25, -0.2) is 0 Å². The van der Waals surface area contributed by atoms with Crippen molar-refractivity contribution in [3.63, 3.8) is 0 Å². The summed E-state index contributed by atoms with van der Waals surface area (Å²) in [6.07, 6.45) is 1.89. The summed E-state index contributed by atoms with van der Waals surface area (Å²) >= 11 is 0. The summed E-state index contributed by atoms with van der Waals surface area (Å²) in [7, 11) is 0. The molecule has 1 aliphatic rings. The number of hydrogen-bond acceptors (Lipinski definition) is 5. The first-order valence-corrected chi connectivity index (χ1v) is 8.91. The molecule has 3 rings (SSSR count). The van der Waals surface area contributed by atoms with Gasteiger partial charge in [-0.15, -0.1) is 0 Å². The predicted molar refractivity (Wildman–Crippen MR) is 94.0 cm³/mol. The molecule has 1 aromatic carbocycles. The van der Waals surface area contributed by atoms with Crippen LogP contribution in [0.15, 0.2) is 28.8 Å². The SMILES string of the molecule is CCN(C[C@H]1CCOC1)C(=O)CCc1nc(-c2ccc(C)cc2)no1. The van der Waals surface area contributed by atoms with Crippen molar-refractivity contribution in [1.29, 1.82) is 0 Å². The number of benzene rings is 1. The van der Waals surface area contributed by atoms with E-state index >= 15 is 0 Å². The largest absolute Gasteiger partial charge is 0.381 e. The van der Waals surface area contributed by atoms with Crippen LogP contribution in [-0.4, -0.2) is 47.3 Å². The van der Waals surface area contributed by atoms with Gasteiger partial charge in [0.25, 0.3) is 0 Å². The molecular formula is C19H25N3O3. The van der Waals surface area contributed by atoms with Crippen LogP contribution in [0.1, 0.15) is 31.2 Å². The molecule has 0 saturated carbocycles. The van der Waals surface area contributed by atoms with E-state index in [9.17, 15) is 4.79 Å². The highest BCUT2D eigenvalue weighted by molar-refractivity contribution is 5.76. The highest BCUT2D eigenvalue weighted by atomic mass is 16.5. The van der Waals surface area contributed by atoms with Gasteiger partial charge in [-0.2, -0.15) is 4.98 Å². The van der Waals surface area contributed by atoms with Crippen molar-refractivity contribution in [2.75, 3.05) is 26.3 Å². The molecule has 1 amide bonds. The number of hydrogen-bond donors (Lipinski definition) is 0. The smallest absolute Gasteiger partial charge is 0.227 e. The van der Waals surface area contributed by atoms with Gasteiger partial charge in [-0.3, -0.25) is 4.79 Å². The maximum Gasteiger partial charge on any atom is 0.227 e. The number of nitrogens with zero attached hydrogens (tertiary/aromatic N) is 3. The third-order valence-corrected chi connectivity index (χ3v) is 4.57. The summed E-state index contributed by atoms with van der Waals surface area (Å²) in [5, 5.41) is 4.01.